The summed E-state index contributed by atoms with van der Waals surface area (Å²) >= 11 is 3.33. The Morgan fingerprint density at radius 2 is 2.00 bits per heavy atom. The topological polar surface area (TPSA) is 73.6 Å². The molecular weight excluding hydrogens is 340 g/mol. The Morgan fingerprint density at radius 1 is 1.19 bits per heavy atom. The van der Waals surface area contributed by atoms with E-state index in [0.29, 0.717) is 11.0 Å². The van der Waals surface area contributed by atoms with Gasteiger partial charge >= 0.3 is 0 Å². The Morgan fingerprint density at radius 3 is 2.76 bits per heavy atom. The van der Waals surface area contributed by atoms with Gasteiger partial charge < -0.3 is 14.8 Å². The van der Waals surface area contributed by atoms with Gasteiger partial charge in [0.2, 0.25) is 6.79 Å². The van der Waals surface area contributed by atoms with Crippen LogP contribution in [0.3, 0.4) is 0 Å². The summed E-state index contributed by atoms with van der Waals surface area (Å²) in [5.41, 5.74) is 1.87. The van der Waals surface area contributed by atoms with Gasteiger partial charge in [-0.2, -0.15) is 0 Å². The number of benzene rings is 2. The van der Waals surface area contributed by atoms with Gasteiger partial charge in [0.1, 0.15) is 0 Å². The molecule has 1 N–H and O–H groups in total. The lowest BCUT2D eigenvalue weighted by molar-refractivity contribution is -0.384. The Kier molecular flexibility index (Phi) is 3.66. The van der Waals surface area contributed by atoms with Crippen LogP contribution in [0.2, 0.25) is 0 Å². The molecule has 0 bridgehead atoms. The summed E-state index contributed by atoms with van der Waals surface area (Å²) in [5, 5.41) is 13.9. The average molecular weight is 351 g/mol. The highest BCUT2D eigenvalue weighted by molar-refractivity contribution is 9.10. The molecule has 0 atom stereocenters. The second kappa shape index (κ2) is 5.61. The monoisotopic (exact) mass is 350 g/mol. The number of hydrogen-bond donors (Lipinski definition) is 1. The second-order valence-corrected chi connectivity index (χ2v) is 5.32. The summed E-state index contributed by atoms with van der Waals surface area (Å²) in [4.78, 5) is 10.3. The number of rotatable bonds is 4. The Balaban J connectivity index is 1.71. The van der Waals surface area contributed by atoms with Crippen molar-refractivity contribution in [3.05, 3.63) is 56.5 Å². The van der Waals surface area contributed by atoms with E-state index < -0.39 is 4.92 Å². The summed E-state index contributed by atoms with van der Waals surface area (Å²) in [5.74, 6) is 1.48. The first-order chi connectivity index (χ1) is 10.1. The number of nitro groups is 1. The second-order valence-electron chi connectivity index (χ2n) is 4.46. The van der Waals surface area contributed by atoms with Crippen LogP contribution >= 0.6 is 15.9 Å². The molecule has 0 saturated heterocycles. The van der Waals surface area contributed by atoms with Crippen molar-refractivity contribution in [2.75, 3.05) is 12.1 Å². The lowest BCUT2D eigenvalue weighted by atomic mass is 10.2. The van der Waals surface area contributed by atoms with Crippen LogP contribution in [0, 0.1) is 10.1 Å². The molecule has 1 heterocycles. The number of nitrogens with zero attached hydrogens (tertiary/aromatic N) is 1. The minimum atomic E-state index is -0.424. The van der Waals surface area contributed by atoms with Crippen LogP contribution in [0.15, 0.2) is 40.9 Å². The fraction of sp³-hybridized carbons (Fsp3) is 0.143. The van der Waals surface area contributed by atoms with Crippen molar-refractivity contribution >= 4 is 27.3 Å². The molecule has 1 aliphatic rings. The van der Waals surface area contributed by atoms with Crippen LogP contribution in [-0.2, 0) is 6.54 Å². The van der Waals surface area contributed by atoms with Crippen molar-refractivity contribution in [2.24, 2.45) is 0 Å². The van der Waals surface area contributed by atoms with E-state index in [-0.39, 0.29) is 12.5 Å². The molecule has 0 aromatic heterocycles. The normalized spacial score (nSPS) is 12.2. The predicted octanol–water partition coefficient (Wildman–Crippen LogP) is 3.70. The van der Waals surface area contributed by atoms with Crippen molar-refractivity contribution < 1.29 is 14.4 Å². The molecule has 0 unspecified atom stereocenters. The highest BCUT2D eigenvalue weighted by Crippen LogP contribution is 2.33. The number of fused-ring (bicyclic) bond motifs is 1. The average Bonchev–Trinajstić information content (AvgIpc) is 2.93. The lowest BCUT2D eigenvalue weighted by Gasteiger charge is -2.09. The van der Waals surface area contributed by atoms with Gasteiger partial charge in [0.25, 0.3) is 5.69 Å². The van der Waals surface area contributed by atoms with Crippen molar-refractivity contribution in [2.45, 2.75) is 6.54 Å². The summed E-state index contributed by atoms with van der Waals surface area (Å²) in [6.45, 7) is 0.827. The third-order valence-electron chi connectivity index (χ3n) is 3.08. The van der Waals surface area contributed by atoms with E-state index in [0.717, 1.165) is 22.7 Å². The maximum absolute atomic E-state index is 10.7. The summed E-state index contributed by atoms with van der Waals surface area (Å²) in [7, 11) is 0. The van der Waals surface area contributed by atoms with Crippen molar-refractivity contribution in [1.82, 2.24) is 0 Å². The molecule has 108 valence electrons. The molecule has 0 saturated carbocycles. The maximum atomic E-state index is 10.7. The largest absolute Gasteiger partial charge is 0.454 e. The van der Waals surface area contributed by atoms with E-state index in [4.69, 9.17) is 9.47 Å². The Bertz CT molecular complexity index is 705. The molecule has 7 heteroatoms. The third-order valence-corrected chi connectivity index (χ3v) is 3.74. The van der Waals surface area contributed by atoms with Crippen LogP contribution in [0.4, 0.5) is 11.4 Å². The number of halogens is 1. The molecule has 0 spiro atoms. The number of nitrogens with one attached hydrogen (secondary N) is 1. The molecular formula is C14H11BrN2O4. The summed E-state index contributed by atoms with van der Waals surface area (Å²) in [6, 6.07) is 10.3. The van der Waals surface area contributed by atoms with Crippen LogP contribution in [-0.4, -0.2) is 11.7 Å². The van der Waals surface area contributed by atoms with Gasteiger partial charge in [0, 0.05) is 28.8 Å². The molecule has 1 aliphatic heterocycles. The van der Waals surface area contributed by atoms with Crippen LogP contribution in [0.5, 0.6) is 11.5 Å². The first-order valence-corrected chi connectivity index (χ1v) is 6.99. The molecule has 21 heavy (non-hydrogen) atoms. The first kappa shape index (κ1) is 13.7. The van der Waals surface area contributed by atoms with Gasteiger partial charge in [-0.25, -0.2) is 0 Å². The maximum Gasteiger partial charge on any atom is 0.270 e. The smallest absolute Gasteiger partial charge is 0.270 e. The fourth-order valence-corrected chi connectivity index (χ4v) is 2.52. The molecule has 6 nitrogen and oxygen atoms in total. The number of non-ortho nitro benzene ring substituents is 1. The van der Waals surface area contributed by atoms with Gasteiger partial charge in [0.15, 0.2) is 11.5 Å². The van der Waals surface area contributed by atoms with Crippen molar-refractivity contribution in [3.8, 4) is 11.5 Å². The summed E-state index contributed by atoms with van der Waals surface area (Å²) in [6.07, 6.45) is 0. The van der Waals surface area contributed by atoms with Crippen molar-refractivity contribution in [3.63, 3.8) is 0 Å². The van der Waals surface area contributed by atoms with Gasteiger partial charge in [-0.05, 0) is 39.7 Å². The Hall–Kier alpha value is -2.28. The molecule has 2 aromatic rings. The lowest BCUT2D eigenvalue weighted by Crippen LogP contribution is -2.00. The van der Waals surface area contributed by atoms with Gasteiger partial charge in [-0.3, -0.25) is 10.1 Å². The standard InChI is InChI=1S/C14H11BrN2O4/c15-11-6-10(17(18)19)2-3-12(11)16-7-9-1-4-13-14(5-9)21-8-20-13/h1-6,16H,7-8H2. The van der Waals surface area contributed by atoms with E-state index in [1.165, 1.54) is 12.1 Å². The van der Waals surface area contributed by atoms with Crippen LogP contribution < -0.4 is 14.8 Å². The minimum Gasteiger partial charge on any atom is -0.454 e. The van der Waals surface area contributed by atoms with Gasteiger partial charge in [-0.15, -0.1) is 0 Å². The van der Waals surface area contributed by atoms with E-state index >= 15 is 0 Å². The van der Waals surface area contributed by atoms with Crippen molar-refractivity contribution in [1.29, 1.82) is 0 Å². The predicted molar refractivity (Wildman–Crippen MR) is 80.7 cm³/mol. The number of hydrogen-bond acceptors (Lipinski definition) is 5. The molecule has 3 rings (SSSR count). The molecule has 2 aromatic carbocycles. The van der Waals surface area contributed by atoms with Gasteiger partial charge in [-0.1, -0.05) is 6.07 Å². The van der Waals surface area contributed by atoms with Crippen LogP contribution in [0.1, 0.15) is 5.56 Å². The molecule has 0 aliphatic carbocycles. The quantitative estimate of drug-likeness (QED) is 0.672. The summed E-state index contributed by atoms with van der Waals surface area (Å²) < 4.78 is 11.2. The zero-order valence-electron chi connectivity index (χ0n) is 10.8. The van der Waals surface area contributed by atoms with Crippen LogP contribution in [0.25, 0.3) is 0 Å². The first-order valence-electron chi connectivity index (χ1n) is 6.20. The SMILES string of the molecule is O=[N+]([O-])c1ccc(NCc2ccc3c(c2)OCO3)c(Br)c1. The zero-order chi connectivity index (χ0) is 14.8. The number of ether oxygens (including phenoxy) is 2. The van der Waals surface area contributed by atoms with E-state index in [2.05, 4.69) is 21.2 Å². The fourth-order valence-electron chi connectivity index (χ4n) is 2.01. The van der Waals surface area contributed by atoms with Gasteiger partial charge in [0.05, 0.1) is 4.92 Å². The highest BCUT2D eigenvalue weighted by atomic mass is 79.9. The minimum absolute atomic E-state index is 0.0514. The number of nitro benzene ring substituents is 1. The Labute approximate surface area is 129 Å². The van der Waals surface area contributed by atoms with E-state index in [1.807, 2.05) is 18.2 Å². The molecule has 0 radical (unpaired) electrons. The highest BCUT2D eigenvalue weighted by Gasteiger charge is 2.13. The molecule has 0 fully saturated rings. The number of anilines is 1. The van der Waals surface area contributed by atoms with E-state index in [9.17, 15) is 10.1 Å². The van der Waals surface area contributed by atoms with E-state index in [1.54, 1.807) is 6.07 Å². The molecule has 0 amide bonds. The third kappa shape index (κ3) is 2.92. The zero-order valence-corrected chi connectivity index (χ0v) is 12.4.